The smallest absolute Gasteiger partial charge is 0.0775 e. The lowest BCUT2D eigenvalue weighted by Gasteiger charge is -2.10. The standard InChI is InChI=1S/C20H20N2/c1-4-10-16(11-5-1)20-18-14-8-3-9-15-19(18)21-22(20)17-12-6-2-7-13-17/h1-2,4-7,10-13H,3,8-9,14-15H2. The van der Waals surface area contributed by atoms with Crippen LogP contribution < -0.4 is 0 Å². The zero-order valence-corrected chi connectivity index (χ0v) is 12.7. The van der Waals surface area contributed by atoms with Gasteiger partial charge in [0, 0.05) is 11.1 Å². The van der Waals surface area contributed by atoms with Crippen molar-refractivity contribution in [2.45, 2.75) is 32.1 Å². The lowest BCUT2D eigenvalue weighted by atomic mass is 10.0. The molecule has 0 unspecified atom stereocenters. The van der Waals surface area contributed by atoms with E-state index in [9.17, 15) is 0 Å². The molecule has 0 fully saturated rings. The van der Waals surface area contributed by atoms with Gasteiger partial charge in [-0.15, -0.1) is 0 Å². The molecule has 0 spiro atoms. The molecule has 2 aromatic carbocycles. The summed E-state index contributed by atoms with van der Waals surface area (Å²) in [6, 6.07) is 21.2. The Hall–Kier alpha value is -2.35. The highest BCUT2D eigenvalue weighted by molar-refractivity contribution is 5.67. The predicted octanol–water partition coefficient (Wildman–Crippen LogP) is 4.81. The number of nitrogens with zero attached hydrogens (tertiary/aromatic N) is 2. The molecule has 1 heterocycles. The minimum absolute atomic E-state index is 1.11. The van der Waals surface area contributed by atoms with E-state index in [1.807, 2.05) is 0 Å². The fourth-order valence-corrected chi connectivity index (χ4v) is 3.38. The van der Waals surface area contributed by atoms with Gasteiger partial charge in [0.2, 0.25) is 0 Å². The van der Waals surface area contributed by atoms with Crippen LogP contribution in [0.2, 0.25) is 0 Å². The Kier molecular flexibility index (Phi) is 3.51. The number of rotatable bonds is 2. The van der Waals surface area contributed by atoms with Crippen LogP contribution in [0.1, 0.15) is 30.5 Å². The van der Waals surface area contributed by atoms with Crippen molar-refractivity contribution < 1.29 is 0 Å². The second-order valence-electron chi connectivity index (χ2n) is 5.95. The number of fused-ring (bicyclic) bond motifs is 1. The third-order valence-corrected chi connectivity index (χ3v) is 4.46. The van der Waals surface area contributed by atoms with Crippen LogP contribution in [0.5, 0.6) is 0 Å². The SMILES string of the molecule is c1ccc(-c2c3c(nn2-c2ccccc2)CCCCC3)cc1. The van der Waals surface area contributed by atoms with Gasteiger partial charge in [0.05, 0.1) is 17.1 Å². The summed E-state index contributed by atoms with van der Waals surface area (Å²) in [5.41, 5.74) is 6.44. The van der Waals surface area contributed by atoms with Gasteiger partial charge >= 0.3 is 0 Å². The van der Waals surface area contributed by atoms with Gasteiger partial charge in [-0.25, -0.2) is 4.68 Å². The second-order valence-corrected chi connectivity index (χ2v) is 5.95. The zero-order valence-electron chi connectivity index (χ0n) is 12.7. The third-order valence-electron chi connectivity index (χ3n) is 4.46. The summed E-state index contributed by atoms with van der Waals surface area (Å²) in [6.07, 6.45) is 6.09. The Bertz CT molecular complexity index is 757. The molecule has 0 saturated heterocycles. The molecule has 0 radical (unpaired) electrons. The molecular formula is C20H20N2. The molecule has 1 aliphatic carbocycles. The van der Waals surface area contributed by atoms with Crippen LogP contribution in [-0.2, 0) is 12.8 Å². The molecule has 0 atom stereocenters. The van der Waals surface area contributed by atoms with Crippen LogP contribution >= 0.6 is 0 Å². The molecule has 110 valence electrons. The number of hydrogen-bond acceptors (Lipinski definition) is 1. The predicted molar refractivity (Wildman–Crippen MR) is 90.3 cm³/mol. The molecule has 22 heavy (non-hydrogen) atoms. The first-order valence-corrected chi connectivity index (χ1v) is 8.15. The van der Waals surface area contributed by atoms with E-state index >= 15 is 0 Å². The van der Waals surface area contributed by atoms with Gasteiger partial charge in [-0.1, -0.05) is 55.0 Å². The van der Waals surface area contributed by atoms with E-state index in [2.05, 4.69) is 65.3 Å². The maximum absolute atomic E-state index is 4.97. The van der Waals surface area contributed by atoms with E-state index in [4.69, 9.17) is 5.10 Å². The van der Waals surface area contributed by atoms with Crippen LogP contribution in [0.15, 0.2) is 60.7 Å². The summed E-state index contributed by atoms with van der Waals surface area (Å²) < 4.78 is 2.14. The van der Waals surface area contributed by atoms with Crippen molar-refractivity contribution in [2.24, 2.45) is 0 Å². The van der Waals surface area contributed by atoms with Crippen molar-refractivity contribution in [3.05, 3.63) is 71.9 Å². The molecule has 1 aromatic heterocycles. The van der Waals surface area contributed by atoms with Crippen molar-refractivity contribution in [2.75, 3.05) is 0 Å². The number of benzene rings is 2. The first kappa shape index (κ1) is 13.3. The highest BCUT2D eigenvalue weighted by atomic mass is 15.3. The summed E-state index contributed by atoms with van der Waals surface area (Å²) in [7, 11) is 0. The van der Waals surface area contributed by atoms with Crippen LogP contribution in [0.4, 0.5) is 0 Å². The van der Waals surface area contributed by atoms with Crippen LogP contribution in [0.3, 0.4) is 0 Å². The number of aryl methyl sites for hydroxylation is 1. The van der Waals surface area contributed by atoms with Crippen molar-refractivity contribution in [3.63, 3.8) is 0 Å². The normalized spacial score (nSPS) is 14.4. The van der Waals surface area contributed by atoms with Crippen molar-refractivity contribution in [3.8, 4) is 16.9 Å². The fraction of sp³-hybridized carbons (Fsp3) is 0.250. The Morgan fingerprint density at radius 2 is 1.41 bits per heavy atom. The summed E-state index contributed by atoms with van der Waals surface area (Å²) in [4.78, 5) is 0. The minimum Gasteiger partial charge on any atom is -0.233 e. The highest BCUT2D eigenvalue weighted by Gasteiger charge is 2.21. The molecule has 2 nitrogen and oxygen atoms in total. The molecule has 0 amide bonds. The maximum atomic E-state index is 4.97. The van der Waals surface area contributed by atoms with Crippen molar-refractivity contribution in [1.82, 2.24) is 9.78 Å². The molecule has 1 aliphatic rings. The first-order valence-electron chi connectivity index (χ1n) is 8.15. The van der Waals surface area contributed by atoms with Gasteiger partial charge in [-0.3, -0.25) is 0 Å². The summed E-state index contributed by atoms with van der Waals surface area (Å²) >= 11 is 0. The van der Waals surface area contributed by atoms with Gasteiger partial charge in [0.15, 0.2) is 0 Å². The molecule has 2 heteroatoms. The van der Waals surface area contributed by atoms with Crippen molar-refractivity contribution >= 4 is 0 Å². The topological polar surface area (TPSA) is 17.8 Å². The Labute approximate surface area is 131 Å². The van der Waals surface area contributed by atoms with Gasteiger partial charge in [0.25, 0.3) is 0 Å². The van der Waals surface area contributed by atoms with Crippen LogP contribution in [0.25, 0.3) is 16.9 Å². The van der Waals surface area contributed by atoms with E-state index in [0.29, 0.717) is 0 Å². The molecule has 0 saturated carbocycles. The van der Waals surface area contributed by atoms with E-state index < -0.39 is 0 Å². The minimum atomic E-state index is 1.11. The molecule has 0 aliphatic heterocycles. The molecule has 0 bridgehead atoms. The monoisotopic (exact) mass is 288 g/mol. The Balaban J connectivity index is 1.95. The Morgan fingerprint density at radius 1 is 0.727 bits per heavy atom. The van der Waals surface area contributed by atoms with E-state index in [-0.39, 0.29) is 0 Å². The largest absolute Gasteiger partial charge is 0.233 e. The van der Waals surface area contributed by atoms with Crippen LogP contribution in [0, 0.1) is 0 Å². The van der Waals surface area contributed by atoms with Gasteiger partial charge in [0.1, 0.15) is 0 Å². The summed E-state index contributed by atoms with van der Waals surface area (Å²) in [5, 5.41) is 4.97. The zero-order chi connectivity index (χ0) is 14.8. The van der Waals surface area contributed by atoms with Crippen LogP contribution in [-0.4, -0.2) is 9.78 Å². The molecule has 0 N–H and O–H groups in total. The van der Waals surface area contributed by atoms with E-state index in [1.54, 1.807) is 0 Å². The lowest BCUT2D eigenvalue weighted by Crippen LogP contribution is -2.00. The Morgan fingerprint density at radius 3 is 2.18 bits per heavy atom. The fourth-order valence-electron chi connectivity index (χ4n) is 3.38. The van der Waals surface area contributed by atoms with Gasteiger partial charge in [-0.05, 0) is 37.8 Å². The van der Waals surface area contributed by atoms with E-state index in [0.717, 1.165) is 18.5 Å². The average Bonchev–Trinajstić information content (AvgIpc) is 2.79. The van der Waals surface area contributed by atoms with Gasteiger partial charge in [-0.2, -0.15) is 5.10 Å². The maximum Gasteiger partial charge on any atom is 0.0775 e. The molecular weight excluding hydrogens is 268 g/mol. The van der Waals surface area contributed by atoms with Gasteiger partial charge < -0.3 is 0 Å². The third kappa shape index (κ3) is 2.35. The summed E-state index contributed by atoms with van der Waals surface area (Å²) in [5.74, 6) is 0. The molecule has 3 aromatic rings. The van der Waals surface area contributed by atoms with Crippen molar-refractivity contribution in [1.29, 1.82) is 0 Å². The highest BCUT2D eigenvalue weighted by Crippen LogP contribution is 2.32. The lowest BCUT2D eigenvalue weighted by molar-refractivity contribution is 0.695. The number of aromatic nitrogens is 2. The second kappa shape index (κ2) is 5.80. The number of para-hydroxylation sites is 1. The quantitative estimate of drug-likeness (QED) is 0.619. The molecule has 4 rings (SSSR count). The average molecular weight is 288 g/mol. The van der Waals surface area contributed by atoms with E-state index in [1.165, 1.54) is 41.8 Å². The summed E-state index contributed by atoms with van der Waals surface area (Å²) in [6.45, 7) is 0. The first-order chi connectivity index (χ1) is 10.9. The number of hydrogen-bond donors (Lipinski definition) is 0.